The van der Waals surface area contributed by atoms with Gasteiger partial charge < -0.3 is 10.1 Å². The number of rotatable bonds is 6. The molecule has 108 valence electrons. The molecule has 0 atom stereocenters. The van der Waals surface area contributed by atoms with Crippen LogP contribution in [-0.4, -0.2) is 23.6 Å². The van der Waals surface area contributed by atoms with Gasteiger partial charge in [-0.05, 0) is 27.8 Å². The van der Waals surface area contributed by atoms with Crippen molar-refractivity contribution in [3.05, 3.63) is 16.0 Å². The van der Waals surface area contributed by atoms with E-state index in [1.807, 2.05) is 0 Å². The summed E-state index contributed by atoms with van der Waals surface area (Å²) >= 11 is 3.56. The van der Waals surface area contributed by atoms with Crippen molar-refractivity contribution in [2.75, 3.05) is 19.0 Å². The molecule has 1 aromatic heterocycles. The Morgan fingerprint density at radius 2 is 1.95 bits per heavy atom. The predicted octanol–water partition coefficient (Wildman–Crippen LogP) is 3.80. The first kappa shape index (κ1) is 16.4. The predicted molar refractivity (Wildman–Crippen MR) is 82.4 cm³/mol. The molecule has 19 heavy (non-hydrogen) atoms. The number of aromatic nitrogens is 2. The molecule has 0 aliphatic rings. The van der Waals surface area contributed by atoms with Crippen LogP contribution >= 0.6 is 15.9 Å². The first-order valence-electron chi connectivity index (χ1n) is 6.65. The number of halogens is 1. The molecule has 0 bridgehead atoms. The van der Waals surface area contributed by atoms with Crippen LogP contribution in [0.25, 0.3) is 0 Å². The van der Waals surface area contributed by atoms with Crippen LogP contribution in [0.5, 0.6) is 0 Å². The maximum Gasteiger partial charge on any atom is 0.144 e. The second kappa shape index (κ2) is 7.20. The van der Waals surface area contributed by atoms with E-state index in [1.54, 1.807) is 7.11 Å². The normalized spacial score (nSPS) is 11.7. The van der Waals surface area contributed by atoms with Gasteiger partial charge in [0.25, 0.3) is 0 Å². The summed E-state index contributed by atoms with van der Waals surface area (Å²) in [6.45, 7) is 10.1. The Bertz CT molecular complexity index is 416. The maximum absolute atomic E-state index is 5.21. The molecule has 4 nitrogen and oxygen atoms in total. The molecule has 0 spiro atoms. The minimum Gasteiger partial charge on any atom is -0.378 e. The fraction of sp³-hybridized carbons (Fsp3) is 0.714. The van der Waals surface area contributed by atoms with Crippen molar-refractivity contribution in [3.63, 3.8) is 0 Å². The van der Waals surface area contributed by atoms with Crippen LogP contribution in [-0.2, 0) is 17.8 Å². The van der Waals surface area contributed by atoms with Crippen molar-refractivity contribution < 1.29 is 4.74 Å². The minimum atomic E-state index is 0.167. The van der Waals surface area contributed by atoms with Crippen LogP contribution < -0.4 is 5.32 Å². The minimum absolute atomic E-state index is 0.167. The highest BCUT2D eigenvalue weighted by molar-refractivity contribution is 9.10. The van der Waals surface area contributed by atoms with Crippen LogP contribution in [0.15, 0.2) is 4.47 Å². The average molecular weight is 330 g/mol. The molecule has 1 rings (SSSR count). The topological polar surface area (TPSA) is 47.0 Å². The molecule has 1 aromatic rings. The molecule has 0 saturated heterocycles. The molecule has 0 aromatic carbocycles. The van der Waals surface area contributed by atoms with Gasteiger partial charge >= 0.3 is 0 Å². The molecule has 0 amide bonds. The van der Waals surface area contributed by atoms with Gasteiger partial charge in [0, 0.05) is 20.1 Å². The summed E-state index contributed by atoms with van der Waals surface area (Å²) in [5.41, 5.74) is 1.07. The van der Waals surface area contributed by atoms with Crippen molar-refractivity contribution in [2.45, 2.75) is 47.1 Å². The Kier molecular flexibility index (Phi) is 6.20. The van der Waals surface area contributed by atoms with E-state index < -0.39 is 0 Å². The molecule has 1 heterocycles. The van der Waals surface area contributed by atoms with Gasteiger partial charge in [-0.25, -0.2) is 9.97 Å². The Labute approximate surface area is 124 Å². The molecule has 0 saturated carbocycles. The van der Waals surface area contributed by atoms with Crippen molar-refractivity contribution in [1.82, 2.24) is 9.97 Å². The Morgan fingerprint density at radius 3 is 2.47 bits per heavy atom. The van der Waals surface area contributed by atoms with Crippen molar-refractivity contribution >= 4 is 21.7 Å². The summed E-state index contributed by atoms with van der Waals surface area (Å²) in [6, 6.07) is 0. The zero-order valence-corrected chi connectivity index (χ0v) is 14.1. The highest BCUT2D eigenvalue weighted by Crippen LogP contribution is 2.27. The first-order valence-corrected chi connectivity index (χ1v) is 7.44. The van der Waals surface area contributed by atoms with Crippen LogP contribution in [0.4, 0.5) is 5.82 Å². The standard InChI is InChI=1S/C14H24BrN3O/c1-6-7-16-13-12(15)10(9-19-5)17-11(18-13)8-14(2,3)4/h6-9H2,1-5H3,(H,16,17,18). The largest absolute Gasteiger partial charge is 0.378 e. The van der Waals surface area contributed by atoms with E-state index in [0.717, 1.165) is 41.2 Å². The summed E-state index contributed by atoms with van der Waals surface area (Å²) in [7, 11) is 1.68. The number of methoxy groups -OCH3 is 1. The Hall–Kier alpha value is -0.680. The highest BCUT2D eigenvalue weighted by Gasteiger charge is 2.17. The van der Waals surface area contributed by atoms with Crippen LogP contribution in [0.2, 0.25) is 0 Å². The Morgan fingerprint density at radius 1 is 1.26 bits per heavy atom. The average Bonchev–Trinajstić information content (AvgIpc) is 2.29. The van der Waals surface area contributed by atoms with E-state index in [0.29, 0.717) is 6.61 Å². The van der Waals surface area contributed by atoms with Crippen molar-refractivity contribution in [2.24, 2.45) is 5.41 Å². The third kappa shape index (κ3) is 5.45. The van der Waals surface area contributed by atoms with Crippen LogP contribution in [0.3, 0.4) is 0 Å². The lowest BCUT2D eigenvalue weighted by Crippen LogP contribution is -2.15. The summed E-state index contributed by atoms with van der Waals surface area (Å²) in [5, 5.41) is 3.33. The molecule has 0 fully saturated rings. The smallest absolute Gasteiger partial charge is 0.144 e. The molecular formula is C14H24BrN3O. The van der Waals surface area contributed by atoms with E-state index in [-0.39, 0.29) is 5.41 Å². The van der Waals surface area contributed by atoms with Gasteiger partial charge in [-0.2, -0.15) is 0 Å². The second-order valence-electron chi connectivity index (χ2n) is 5.85. The van der Waals surface area contributed by atoms with E-state index in [1.165, 1.54) is 0 Å². The maximum atomic E-state index is 5.21. The van der Waals surface area contributed by atoms with Gasteiger partial charge in [-0.1, -0.05) is 27.7 Å². The quantitative estimate of drug-likeness (QED) is 0.862. The molecule has 0 radical (unpaired) electrons. The van der Waals surface area contributed by atoms with Gasteiger partial charge in [-0.3, -0.25) is 0 Å². The van der Waals surface area contributed by atoms with E-state index in [9.17, 15) is 0 Å². The summed E-state index contributed by atoms with van der Waals surface area (Å²) < 4.78 is 6.11. The number of anilines is 1. The van der Waals surface area contributed by atoms with Gasteiger partial charge in [0.1, 0.15) is 11.6 Å². The molecule has 0 aliphatic heterocycles. The first-order chi connectivity index (χ1) is 8.87. The zero-order valence-electron chi connectivity index (χ0n) is 12.5. The summed E-state index contributed by atoms with van der Waals surface area (Å²) in [6.07, 6.45) is 1.91. The number of hydrogen-bond donors (Lipinski definition) is 1. The molecule has 1 N–H and O–H groups in total. The Balaban J connectivity index is 3.07. The molecule has 0 unspecified atom stereocenters. The SMILES string of the molecule is CCCNc1nc(CC(C)(C)C)nc(COC)c1Br. The fourth-order valence-electron chi connectivity index (χ4n) is 1.69. The van der Waals surface area contributed by atoms with Gasteiger partial charge in [0.15, 0.2) is 0 Å². The monoisotopic (exact) mass is 329 g/mol. The summed E-state index contributed by atoms with van der Waals surface area (Å²) in [4.78, 5) is 9.21. The van der Waals surface area contributed by atoms with Crippen LogP contribution in [0, 0.1) is 5.41 Å². The number of hydrogen-bond acceptors (Lipinski definition) is 4. The lowest BCUT2D eigenvalue weighted by atomic mass is 9.92. The van der Waals surface area contributed by atoms with Gasteiger partial charge in [0.05, 0.1) is 16.8 Å². The molecule has 5 heteroatoms. The number of ether oxygens (including phenoxy) is 1. The lowest BCUT2D eigenvalue weighted by Gasteiger charge is -2.19. The fourth-order valence-corrected chi connectivity index (χ4v) is 2.12. The number of nitrogens with zero attached hydrogens (tertiary/aromatic N) is 2. The second-order valence-corrected chi connectivity index (χ2v) is 6.64. The lowest BCUT2D eigenvalue weighted by molar-refractivity contribution is 0.180. The van der Waals surface area contributed by atoms with Gasteiger partial charge in [0.2, 0.25) is 0 Å². The zero-order chi connectivity index (χ0) is 14.5. The third-order valence-electron chi connectivity index (χ3n) is 2.48. The summed E-state index contributed by atoms with van der Waals surface area (Å²) in [5.74, 6) is 1.73. The highest BCUT2D eigenvalue weighted by atomic mass is 79.9. The van der Waals surface area contributed by atoms with E-state index >= 15 is 0 Å². The van der Waals surface area contributed by atoms with Crippen LogP contribution in [0.1, 0.15) is 45.6 Å². The van der Waals surface area contributed by atoms with E-state index in [2.05, 4.69) is 58.9 Å². The molecular weight excluding hydrogens is 306 g/mol. The third-order valence-corrected chi connectivity index (χ3v) is 3.31. The van der Waals surface area contributed by atoms with Crippen molar-refractivity contribution in [1.29, 1.82) is 0 Å². The number of nitrogens with one attached hydrogen (secondary N) is 1. The van der Waals surface area contributed by atoms with Gasteiger partial charge in [-0.15, -0.1) is 0 Å². The van der Waals surface area contributed by atoms with E-state index in [4.69, 9.17) is 4.74 Å². The van der Waals surface area contributed by atoms with Crippen molar-refractivity contribution in [3.8, 4) is 0 Å². The molecule has 0 aliphatic carbocycles.